The number of ether oxygens (including phenoxy) is 1. The van der Waals surface area contributed by atoms with Crippen LogP contribution in [0.4, 0.5) is 25.0 Å². The first-order chi connectivity index (χ1) is 21.1. The molecule has 0 saturated carbocycles. The van der Waals surface area contributed by atoms with Crippen molar-refractivity contribution in [1.29, 1.82) is 0 Å². The molecule has 4 aromatic rings. The summed E-state index contributed by atoms with van der Waals surface area (Å²) < 4.78 is 58.0. The van der Waals surface area contributed by atoms with Crippen molar-refractivity contribution < 1.29 is 26.7 Å². The highest BCUT2D eigenvalue weighted by Crippen LogP contribution is 2.26. The predicted molar refractivity (Wildman–Crippen MR) is 167 cm³/mol. The topological polar surface area (TPSA) is 91.0 Å². The Morgan fingerprint density at radius 2 is 1.30 bits per heavy atom. The van der Waals surface area contributed by atoms with Gasteiger partial charge in [0.1, 0.15) is 23.1 Å². The van der Waals surface area contributed by atoms with Gasteiger partial charge in [-0.3, -0.25) is 9.62 Å². The fourth-order valence-electron chi connectivity index (χ4n) is 5.13. The fraction of sp³-hybridized carbons (Fsp3) is 0.242. The van der Waals surface area contributed by atoms with E-state index in [-0.39, 0.29) is 23.7 Å². The Balaban J connectivity index is 1.16. The summed E-state index contributed by atoms with van der Waals surface area (Å²) in [5, 5.41) is 2.88. The molecule has 44 heavy (non-hydrogen) atoms. The summed E-state index contributed by atoms with van der Waals surface area (Å²) in [7, 11) is -3.34. The minimum absolute atomic E-state index is 0.0217. The number of hydrogen-bond acceptors (Lipinski definition) is 5. The van der Waals surface area contributed by atoms with E-state index < -0.39 is 10.0 Å². The number of nitrogens with one attached hydrogen (secondary N) is 2. The van der Waals surface area contributed by atoms with Crippen molar-refractivity contribution in [1.82, 2.24) is 9.80 Å². The maximum atomic E-state index is 13.5. The number of amides is 2. The molecule has 8 nitrogen and oxygen atoms in total. The summed E-state index contributed by atoms with van der Waals surface area (Å²) in [6.07, 6.45) is 2.63. The maximum absolute atomic E-state index is 13.5. The third kappa shape index (κ3) is 9.01. The van der Waals surface area contributed by atoms with Crippen molar-refractivity contribution in [3.63, 3.8) is 0 Å². The number of likely N-dealkylation sites (tertiary alicyclic amines) is 1. The summed E-state index contributed by atoms with van der Waals surface area (Å²) in [6.45, 7) is 2.66. The van der Waals surface area contributed by atoms with Gasteiger partial charge < -0.3 is 15.0 Å². The number of carbonyl (C=O) groups excluding carboxylic acids is 1. The predicted octanol–water partition coefficient (Wildman–Crippen LogP) is 6.83. The van der Waals surface area contributed by atoms with Gasteiger partial charge in [0.15, 0.2) is 0 Å². The second kappa shape index (κ2) is 13.9. The van der Waals surface area contributed by atoms with Crippen LogP contribution in [0.2, 0.25) is 0 Å². The number of urea groups is 1. The molecule has 0 bridgehead atoms. The van der Waals surface area contributed by atoms with E-state index in [0.29, 0.717) is 29.4 Å². The number of benzene rings is 4. The lowest BCUT2D eigenvalue weighted by atomic mass is 10.0. The molecule has 1 aliphatic heterocycles. The number of nitrogens with zero attached hydrogens (tertiary/aromatic N) is 2. The van der Waals surface area contributed by atoms with Crippen LogP contribution in [-0.4, -0.2) is 49.6 Å². The van der Waals surface area contributed by atoms with Gasteiger partial charge in [-0.25, -0.2) is 22.0 Å². The minimum Gasteiger partial charge on any atom is -0.457 e. The smallest absolute Gasteiger partial charge is 0.322 e. The largest absolute Gasteiger partial charge is 0.457 e. The molecule has 5 rings (SSSR count). The van der Waals surface area contributed by atoms with Crippen LogP contribution < -0.4 is 14.8 Å². The fourth-order valence-corrected chi connectivity index (χ4v) is 5.70. The third-order valence-corrected chi connectivity index (χ3v) is 7.95. The lowest BCUT2D eigenvalue weighted by Crippen LogP contribution is -2.48. The van der Waals surface area contributed by atoms with E-state index in [4.69, 9.17) is 4.74 Å². The van der Waals surface area contributed by atoms with Crippen molar-refractivity contribution in [3.8, 4) is 11.5 Å². The first-order valence-corrected chi connectivity index (χ1v) is 16.1. The average Bonchev–Trinajstić information content (AvgIpc) is 3.00. The van der Waals surface area contributed by atoms with E-state index in [9.17, 15) is 22.0 Å². The number of hydrogen-bond donors (Lipinski definition) is 2. The second-order valence-corrected chi connectivity index (χ2v) is 12.6. The van der Waals surface area contributed by atoms with Crippen LogP contribution in [0.1, 0.15) is 24.0 Å². The Bertz CT molecular complexity index is 1640. The highest BCUT2D eigenvalue weighted by Gasteiger charge is 2.28. The van der Waals surface area contributed by atoms with Gasteiger partial charge in [0, 0.05) is 43.6 Å². The molecular formula is C33H34F2N4O4S. The highest BCUT2D eigenvalue weighted by atomic mass is 32.2. The normalized spacial score (nSPS) is 14.2. The van der Waals surface area contributed by atoms with Crippen LogP contribution >= 0.6 is 0 Å². The van der Waals surface area contributed by atoms with Crippen molar-refractivity contribution in [2.45, 2.75) is 32.0 Å². The van der Waals surface area contributed by atoms with Gasteiger partial charge in [-0.15, -0.1) is 0 Å². The van der Waals surface area contributed by atoms with E-state index in [1.807, 2.05) is 24.3 Å². The van der Waals surface area contributed by atoms with E-state index in [1.165, 1.54) is 36.4 Å². The van der Waals surface area contributed by atoms with Crippen molar-refractivity contribution in [3.05, 3.63) is 120 Å². The summed E-state index contributed by atoms with van der Waals surface area (Å²) in [5.74, 6) is 0.547. The second-order valence-electron chi connectivity index (χ2n) is 10.8. The summed E-state index contributed by atoms with van der Waals surface area (Å²) in [4.78, 5) is 17.5. The molecule has 2 amide bonds. The van der Waals surface area contributed by atoms with Crippen LogP contribution in [0, 0.1) is 11.6 Å². The zero-order valence-electron chi connectivity index (χ0n) is 24.2. The summed E-state index contributed by atoms with van der Waals surface area (Å²) >= 11 is 0. The Labute approximate surface area is 256 Å². The number of carbonyl (C=O) groups is 1. The SMILES string of the molecule is CS(=O)(=O)Nc1ccc(Oc2ccc(CN3CCC(N(Cc4ccc(F)cc4)C(=O)Nc4ccc(F)cc4)CC3)cc2)cc1. The molecule has 0 aliphatic carbocycles. The molecule has 1 heterocycles. The van der Waals surface area contributed by atoms with Gasteiger partial charge >= 0.3 is 6.03 Å². The van der Waals surface area contributed by atoms with Gasteiger partial charge in [-0.05, 0) is 96.8 Å². The van der Waals surface area contributed by atoms with E-state index in [1.54, 1.807) is 41.3 Å². The van der Waals surface area contributed by atoms with Gasteiger partial charge in [0.05, 0.1) is 6.26 Å². The number of halogens is 2. The number of sulfonamides is 1. The molecule has 4 aromatic carbocycles. The van der Waals surface area contributed by atoms with Gasteiger partial charge in [0.25, 0.3) is 0 Å². The van der Waals surface area contributed by atoms with Crippen LogP contribution in [0.15, 0.2) is 97.1 Å². The van der Waals surface area contributed by atoms with E-state index in [0.717, 1.165) is 49.9 Å². The molecule has 11 heteroatoms. The van der Waals surface area contributed by atoms with E-state index in [2.05, 4.69) is 14.9 Å². The molecule has 0 aromatic heterocycles. The Morgan fingerprint density at radius 3 is 1.86 bits per heavy atom. The first-order valence-electron chi connectivity index (χ1n) is 14.2. The van der Waals surface area contributed by atoms with Crippen LogP contribution in [0.5, 0.6) is 11.5 Å². The Morgan fingerprint density at radius 1 is 0.795 bits per heavy atom. The maximum Gasteiger partial charge on any atom is 0.322 e. The van der Waals surface area contributed by atoms with Crippen molar-refractivity contribution in [2.75, 3.05) is 29.4 Å². The van der Waals surface area contributed by atoms with E-state index >= 15 is 0 Å². The lowest BCUT2D eigenvalue weighted by molar-refractivity contribution is 0.120. The molecule has 1 saturated heterocycles. The Hall–Kier alpha value is -4.48. The molecule has 1 aliphatic rings. The van der Waals surface area contributed by atoms with Crippen molar-refractivity contribution >= 4 is 27.4 Å². The highest BCUT2D eigenvalue weighted by molar-refractivity contribution is 7.92. The number of piperidine rings is 1. The molecule has 230 valence electrons. The van der Waals surface area contributed by atoms with Crippen molar-refractivity contribution in [2.24, 2.45) is 0 Å². The standard InChI is InChI=1S/C33H34F2N4O4S/c1-44(41,42)37-29-12-16-32(17-13-29)43-31-14-4-24(5-15-31)22-38-20-18-30(19-21-38)39(23-25-2-6-26(34)7-3-25)33(40)36-28-10-8-27(35)9-11-28/h2-17,30,37H,18-23H2,1H3,(H,36,40). The van der Waals surface area contributed by atoms with Crippen LogP contribution in [0.3, 0.4) is 0 Å². The van der Waals surface area contributed by atoms with Gasteiger partial charge in [-0.1, -0.05) is 24.3 Å². The Kier molecular flexibility index (Phi) is 9.76. The quantitative estimate of drug-likeness (QED) is 0.203. The van der Waals surface area contributed by atoms with Crippen LogP contribution in [-0.2, 0) is 23.1 Å². The van der Waals surface area contributed by atoms with Gasteiger partial charge in [-0.2, -0.15) is 0 Å². The number of anilines is 2. The molecule has 1 fully saturated rings. The minimum atomic E-state index is -3.34. The monoisotopic (exact) mass is 620 g/mol. The molecule has 2 N–H and O–H groups in total. The molecule has 0 unspecified atom stereocenters. The molecular weight excluding hydrogens is 586 g/mol. The lowest BCUT2D eigenvalue weighted by Gasteiger charge is -2.38. The summed E-state index contributed by atoms with van der Waals surface area (Å²) in [5.41, 5.74) is 2.92. The number of rotatable bonds is 10. The molecule has 0 atom stereocenters. The summed E-state index contributed by atoms with van der Waals surface area (Å²) in [6, 6.07) is 26.0. The van der Waals surface area contributed by atoms with Gasteiger partial charge in [0.2, 0.25) is 10.0 Å². The zero-order valence-corrected chi connectivity index (χ0v) is 25.1. The first kappa shape index (κ1) is 31.0. The molecule has 0 spiro atoms. The average molecular weight is 621 g/mol. The van der Waals surface area contributed by atoms with Crippen LogP contribution in [0.25, 0.3) is 0 Å². The third-order valence-electron chi connectivity index (χ3n) is 7.34. The molecule has 0 radical (unpaired) electrons. The zero-order chi connectivity index (χ0) is 31.1.